The Hall–Kier alpha value is -2.04. The van der Waals surface area contributed by atoms with Crippen molar-refractivity contribution in [1.29, 1.82) is 0 Å². The molecule has 19 heavy (non-hydrogen) atoms. The number of benzene rings is 1. The lowest BCUT2D eigenvalue weighted by Crippen LogP contribution is -2.28. The van der Waals surface area contributed by atoms with Crippen molar-refractivity contribution in [1.82, 2.24) is 0 Å². The molecule has 0 aliphatic carbocycles. The lowest BCUT2D eigenvalue weighted by molar-refractivity contribution is -0.137. The highest BCUT2D eigenvalue weighted by atomic mass is 16.5. The van der Waals surface area contributed by atoms with Crippen molar-refractivity contribution < 1.29 is 19.4 Å². The molecule has 2 N–H and O–H groups in total. The number of carboxylic acids is 1. The zero-order chi connectivity index (χ0) is 14.4. The molecule has 0 bridgehead atoms. The van der Waals surface area contributed by atoms with Crippen molar-refractivity contribution in [3.05, 3.63) is 29.8 Å². The van der Waals surface area contributed by atoms with Crippen LogP contribution in [0.5, 0.6) is 0 Å². The van der Waals surface area contributed by atoms with E-state index in [1.54, 1.807) is 45.0 Å². The maximum absolute atomic E-state index is 11.6. The van der Waals surface area contributed by atoms with Crippen molar-refractivity contribution in [2.45, 2.75) is 39.3 Å². The van der Waals surface area contributed by atoms with Gasteiger partial charge in [-0.15, -0.1) is 0 Å². The van der Waals surface area contributed by atoms with Crippen molar-refractivity contribution in [3.8, 4) is 0 Å². The number of carbonyl (C=O) groups excluding carboxylic acids is 1. The van der Waals surface area contributed by atoms with Crippen LogP contribution in [0.1, 0.15) is 37.6 Å². The highest BCUT2D eigenvalue weighted by molar-refractivity contribution is 5.90. The zero-order valence-corrected chi connectivity index (χ0v) is 11.3. The molecule has 0 aliphatic rings. The van der Waals surface area contributed by atoms with E-state index in [9.17, 15) is 9.59 Å². The SMILES string of the molecule is CCC(Nc1ccc(C(=O)OC(C)C)cc1)C(=O)O. The van der Waals surface area contributed by atoms with Gasteiger partial charge in [0.15, 0.2) is 0 Å². The van der Waals surface area contributed by atoms with Gasteiger partial charge >= 0.3 is 11.9 Å². The van der Waals surface area contributed by atoms with Gasteiger partial charge in [0.2, 0.25) is 0 Å². The van der Waals surface area contributed by atoms with Gasteiger partial charge in [-0.25, -0.2) is 9.59 Å². The first-order chi connectivity index (χ1) is 8.93. The predicted molar refractivity (Wildman–Crippen MR) is 72.3 cm³/mol. The number of carboxylic acid groups (broad SMARTS) is 1. The van der Waals surface area contributed by atoms with Crippen LogP contribution in [-0.2, 0) is 9.53 Å². The summed E-state index contributed by atoms with van der Waals surface area (Å²) in [5, 5.41) is 11.8. The van der Waals surface area contributed by atoms with Crippen LogP contribution < -0.4 is 5.32 Å². The Labute approximate surface area is 112 Å². The number of hydrogen-bond donors (Lipinski definition) is 2. The van der Waals surface area contributed by atoms with E-state index < -0.39 is 12.0 Å². The molecule has 0 aromatic heterocycles. The van der Waals surface area contributed by atoms with Gasteiger partial charge in [0.1, 0.15) is 6.04 Å². The molecule has 5 heteroatoms. The molecule has 1 rings (SSSR count). The smallest absolute Gasteiger partial charge is 0.338 e. The highest BCUT2D eigenvalue weighted by Crippen LogP contribution is 2.13. The quantitative estimate of drug-likeness (QED) is 0.773. The Kier molecular flexibility index (Phi) is 5.36. The van der Waals surface area contributed by atoms with Crippen LogP contribution in [0.25, 0.3) is 0 Å². The summed E-state index contributed by atoms with van der Waals surface area (Å²) >= 11 is 0. The summed E-state index contributed by atoms with van der Waals surface area (Å²) < 4.78 is 5.06. The van der Waals surface area contributed by atoms with Crippen LogP contribution in [0.2, 0.25) is 0 Å². The summed E-state index contributed by atoms with van der Waals surface area (Å²) in [6.07, 6.45) is 0.314. The number of carbonyl (C=O) groups is 2. The molecule has 1 aromatic carbocycles. The van der Waals surface area contributed by atoms with E-state index >= 15 is 0 Å². The van der Waals surface area contributed by atoms with E-state index in [4.69, 9.17) is 9.84 Å². The highest BCUT2D eigenvalue weighted by Gasteiger charge is 2.14. The Morgan fingerprint density at radius 3 is 2.26 bits per heavy atom. The third-order valence-corrected chi connectivity index (χ3v) is 2.51. The third kappa shape index (κ3) is 4.62. The Bertz CT molecular complexity index is 439. The Balaban J connectivity index is 2.71. The topological polar surface area (TPSA) is 75.6 Å². The fourth-order valence-corrected chi connectivity index (χ4v) is 1.52. The lowest BCUT2D eigenvalue weighted by Gasteiger charge is -2.14. The van der Waals surface area contributed by atoms with Gasteiger partial charge in [-0.1, -0.05) is 6.92 Å². The van der Waals surface area contributed by atoms with E-state index in [1.807, 2.05) is 0 Å². The second-order valence-corrected chi connectivity index (χ2v) is 4.47. The van der Waals surface area contributed by atoms with Crippen LogP contribution in [0.3, 0.4) is 0 Å². The average Bonchev–Trinajstić information content (AvgIpc) is 2.35. The minimum Gasteiger partial charge on any atom is -0.480 e. The molecule has 0 saturated carbocycles. The summed E-state index contributed by atoms with van der Waals surface area (Å²) in [5.74, 6) is -1.28. The summed E-state index contributed by atoms with van der Waals surface area (Å²) in [6.45, 7) is 5.36. The van der Waals surface area contributed by atoms with Crippen LogP contribution in [0, 0.1) is 0 Å². The van der Waals surface area contributed by atoms with Crippen molar-refractivity contribution in [2.24, 2.45) is 0 Å². The zero-order valence-electron chi connectivity index (χ0n) is 11.3. The van der Waals surface area contributed by atoms with Crippen molar-refractivity contribution >= 4 is 17.6 Å². The first-order valence-electron chi connectivity index (χ1n) is 6.24. The fraction of sp³-hybridized carbons (Fsp3) is 0.429. The minimum atomic E-state index is -0.897. The number of esters is 1. The number of ether oxygens (including phenoxy) is 1. The first-order valence-corrected chi connectivity index (χ1v) is 6.24. The molecular weight excluding hydrogens is 246 g/mol. The molecule has 5 nitrogen and oxygen atoms in total. The summed E-state index contributed by atoms with van der Waals surface area (Å²) in [7, 11) is 0. The Morgan fingerprint density at radius 1 is 1.26 bits per heavy atom. The molecule has 0 saturated heterocycles. The average molecular weight is 265 g/mol. The van der Waals surface area contributed by atoms with E-state index in [-0.39, 0.29) is 12.1 Å². The van der Waals surface area contributed by atoms with E-state index in [2.05, 4.69) is 5.32 Å². The number of aliphatic carboxylic acids is 1. The molecule has 0 spiro atoms. The molecule has 1 atom stereocenters. The second kappa shape index (κ2) is 6.78. The van der Waals surface area contributed by atoms with E-state index in [0.29, 0.717) is 17.7 Å². The van der Waals surface area contributed by atoms with Gasteiger partial charge in [-0.05, 0) is 44.5 Å². The molecule has 0 aliphatic heterocycles. The van der Waals surface area contributed by atoms with E-state index in [0.717, 1.165) is 0 Å². The number of nitrogens with one attached hydrogen (secondary N) is 1. The van der Waals surface area contributed by atoms with Crippen LogP contribution in [0.4, 0.5) is 5.69 Å². The van der Waals surface area contributed by atoms with Crippen LogP contribution in [0.15, 0.2) is 24.3 Å². The minimum absolute atomic E-state index is 0.165. The molecule has 1 unspecified atom stereocenters. The van der Waals surface area contributed by atoms with Crippen molar-refractivity contribution in [2.75, 3.05) is 5.32 Å². The molecule has 0 heterocycles. The van der Waals surface area contributed by atoms with Crippen molar-refractivity contribution in [3.63, 3.8) is 0 Å². The van der Waals surface area contributed by atoms with Crippen LogP contribution in [-0.4, -0.2) is 29.2 Å². The monoisotopic (exact) mass is 265 g/mol. The number of hydrogen-bond acceptors (Lipinski definition) is 4. The fourth-order valence-electron chi connectivity index (χ4n) is 1.52. The molecule has 0 amide bonds. The van der Waals surface area contributed by atoms with Crippen LogP contribution >= 0.6 is 0 Å². The number of rotatable bonds is 6. The van der Waals surface area contributed by atoms with Gasteiger partial charge in [-0.3, -0.25) is 0 Å². The predicted octanol–water partition coefficient (Wildman–Crippen LogP) is 2.53. The van der Waals surface area contributed by atoms with Gasteiger partial charge in [-0.2, -0.15) is 0 Å². The summed E-state index contributed by atoms with van der Waals surface area (Å²) in [4.78, 5) is 22.5. The summed E-state index contributed by atoms with van der Waals surface area (Å²) in [5.41, 5.74) is 1.11. The van der Waals surface area contributed by atoms with Gasteiger partial charge in [0.05, 0.1) is 11.7 Å². The second-order valence-electron chi connectivity index (χ2n) is 4.47. The van der Waals surface area contributed by atoms with Gasteiger partial charge in [0, 0.05) is 5.69 Å². The Morgan fingerprint density at radius 2 is 1.84 bits per heavy atom. The van der Waals surface area contributed by atoms with Gasteiger partial charge < -0.3 is 15.2 Å². The molecule has 1 aromatic rings. The maximum atomic E-state index is 11.6. The molecule has 0 radical (unpaired) electrons. The molecular formula is C14H19NO4. The lowest BCUT2D eigenvalue weighted by atomic mass is 10.1. The van der Waals surface area contributed by atoms with E-state index in [1.165, 1.54) is 0 Å². The largest absolute Gasteiger partial charge is 0.480 e. The standard InChI is InChI=1S/C14H19NO4/c1-4-12(13(16)17)15-11-7-5-10(6-8-11)14(18)19-9(2)3/h5-9,12,15H,4H2,1-3H3,(H,16,17). The molecule has 0 fully saturated rings. The normalized spacial score (nSPS) is 12.0. The molecule has 104 valence electrons. The third-order valence-electron chi connectivity index (χ3n) is 2.51. The number of anilines is 1. The summed E-state index contributed by atoms with van der Waals surface area (Å²) in [6, 6.07) is 5.93. The maximum Gasteiger partial charge on any atom is 0.338 e. The van der Waals surface area contributed by atoms with Gasteiger partial charge in [0.25, 0.3) is 0 Å². The first kappa shape index (κ1) is 15.0.